The number of nitro groups is 1. The molecular weight excluding hydrogens is 336 g/mol. The van der Waals surface area contributed by atoms with E-state index in [9.17, 15) is 10.1 Å². The lowest BCUT2D eigenvalue weighted by Crippen LogP contribution is -2.21. The second-order valence-electron chi connectivity index (χ2n) is 5.44. The third kappa shape index (κ3) is 4.55. The van der Waals surface area contributed by atoms with E-state index in [-0.39, 0.29) is 22.8 Å². The van der Waals surface area contributed by atoms with Crippen LogP contribution in [0.5, 0.6) is 11.5 Å². The Hall–Kier alpha value is -3.93. The van der Waals surface area contributed by atoms with E-state index in [4.69, 9.17) is 21.1 Å². The third-order valence-electron chi connectivity index (χ3n) is 3.33. The minimum Gasteiger partial charge on any atom is -0.457 e. The number of hydrogen-bond acceptors (Lipinski definition) is 7. The fourth-order valence-corrected chi connectivity index (χ4v) is 2.02. The van der Waals surface area contributed by atoms with Crippen molar-refractivity contribution >= 4 is 22.9 Å². The van der Waals surface area contributed by atoms with Crippen molar-refractivity contribution in [2.75, 3.05) is 5.43 Å². The molecule has 132 valence electrons. The predicted molar refractivity (Wildman–Crippen MR) is 97.7 cm³/mol. The molecule has 0 unspecified atom stereocenters. The molecule has 0 saturated carbocycles. The van der Waals surface area contributed by atoms with Crippen LogP contribution < -0.4 is 15.9 Å². The Morgan fingerprint density at radius 2 is 2.08 bits per heavy atom. The van der Waals surface area contributed by atoms with E-state index in [2.05, 4.69) is 10.5 Å². The molecule has 2 rings (SSSR count). The highest BCUT2D eigenvalue weighted by molar-refractivity contribution is 6.45. The van der Waals surface area contributed by atoms with Crippen molar-refractivity contribution in [2.24, 2.45) is 10.8 Å². The Balaban J connectivity index is 2.39. The Morgan fingerprint density at radius 3 is 2.69 bits per heavy atom. The molecular formula is C17H16N6O3. The average molecular weight is 352 g/mol. The summed E-state index contributed by atoms with van der Waals surface area (Å²) in [6.45, 7) is 3.77. The summed E-state index contributed by atoms with van der Waals surface area (Å²) in [4.78, 5) is 10.6. The van der Waals surface area contributed by atoms with Crippen molar-refractivity contribution < 1.29 is 9.66 Å². The summed E-state index contributed by atoms with van der Waals surface area (Å²) < 4.78 is 5.78. The molecule has 0 saturated heterocycles. The van der Waals surface area contributed by atoms with Crippen molar-refractivity contribution in [3.63, 3.8) is 0 Å². The minimum absolute atomic E-state index is 0.216. The van der Waals surface area contributed by atoms with Gasteiger partial charge in [-0.15, -0.1) is 0 Å². The molecule has 0 fully saturated rings. The largest absolute Gasteiger partial charge is 0.457 e. The standard InChI is InChI=1S/C17H16N6O3/c1-10-3-4-11(2)16(5-10)26-14-7-12(6-13(8-14)23(24)25)21-22-15(9-18)17(19)20/h3-8,21H,1-2H3,(H3,19,20)/b22-15+. The number of aryl methyl sites for hydroxylation is 2. The molecule has 0 atom stereocenters. The highest BCUT2D eigenvalue weighted by Gasteiger charge is 2.13. The summed E-state index contributed by atoms with van der Waals surface area (Å²) in [6, 6.07) is 11.3. The molecule has 9 heteroatoms. The number of nitro benzene ring substituents is 1. The number of nitriles is 1. The van der Waals surface area contributed by atoms with Crippen molar-refractivity contribution in [3.05, 3.63) is 57.6 Å². The summed E-state index contributed by atoms with van der Waals surface area (Å²) in [5.41, 5.74) is 9.21. The second kappa shape index (κ2) is 7.76. The van der Waals surface area contributed by atoms with Crippen LogP contribution in [0.1, 0.15) is 11.1 Å². The number of anilines is 1. The minimum atomic E-state index is -0.568. The highest BCUT2D eigenvalue weighted by atomic mass is 16.6. The number of rotatable bonds is 6. The van der Waals surface area contributed by atoms with Crippen LogP contribution in [0.3, 0.4) is 0 Å². The molecule has 0 radical (unpaired) electrons. The quantitative estimate of drug-likeness (QED) is 0.314. The number of ether oxygens (including phenoxy) is 1. The number of hydrogen-bond donors (Lipinski definition) is 3. The summed E-state index contributed by atoms with van der Waals surface area (Å²) in [5, 5.41) is 30.9. The van der Waals surface area contributed by atoms with Gasteiger partial charge in [-0.1, -0.05) is 12.1 Å². The van der Waals surface area contributed by atoms with Gasteiger partial charge in [0.2, 0.25) is 5.71 Å². The van der Waals surface area contributed by atoms with Crippen LogP contribution in [0, 0.1) is 40.7 Å². The number of nitrogens with one attached hydrogen (secondary N) is 2. The van der Waals surface area contributed by atoms with Crippen LogP contribution in [0.25, 0.3) is 0 Å². The van der Waals surface area contributed by atoms with E-state index in [0.717, 1.165) is 11.1 Å². The number of nitrogens with two attached hydrogens (primary N) is 1. The van der Waals surface area contributed by atoms with E-state index >= 15 is 0 Å². The van der Waals surface area contributed by atoms with E-state index < -0.39 is 10.8 Å². The maximum Gasteiger partial charge on any atom is 0.275 e. The molecule has 0 aromatic heterocycles. The molecule has 0 bridgehead atoms. The van der Waals surface area contributed by atoms with Gasteiger partial charge >= 0.3 is 0 Å². The summed E-state index contributed by atoms with van der Waals surface area (Å²) in [5.74, 6) is 0.283. The van der Waals surface area contributed by atoms with Crippen molar-refractivity contribution in [2.45, 2.75) is 13.8 Å². The molecule has 2 aromatic carbocycles. The Bertz CT molecular complexity index is 946. The normalized spacial score (nSPS) is 10.7. The Morgan fingerprint density at radius 1 is 1.35 bits per heavy atom. The first-order chi connectivity index (χ1) is 12.3. The van der Waals surface area contributed by atoms with Gasteiger partial charge in [0.25, 0.3) is 5.69 Å². The molecule has 0 amide bonds. The molecule has 0 spiro atoms. The first-order valence-corrected chi connectivity index (χ1v) is 7.43. The van der Waals surface area contributed by atoms with Crippen molar-refractivity contribution in [1.82, 2.24) is 0 Å². The summed E-state index contributed by atoms with van der Waals surface area (Å²) in [6.07, 6.45) is 0. The zero-order chi connectivity index (χ0) is 19.3. The van der Waals surface area contributed by atoms with Gasteiger partial charge in [-0.25, -0.2) is 0 Å². The number of non-ortho nitro benzene ring substituents is 1. The lowest BCUT2D eigenvalue weighted by atomic mass is 10.1. The highest BCUT2D eigenvalue weighted by Crippen LogP contribution is 2.31. The van der Waals surface area contributed by atoms with Gasteiger partial charge in [-0.05, 0) is 31.0 Å². The van der Waals surface area contributed by atoms with E-state index in [0.29, 0.717) is 5.75 Å². The van der Waals surface area contributed by atoms with E-state index in [1.807, 2.05) is 32.0 Å². The smallest absolute Gasteiger partial charge is 0.275 e. The average Bonchev–Trinajstić information content (AvgIpc) is 2.58. The maximum absolute atomic E-state index is 11.2. The molecule has 9 nitrogen and oxygen atoms in total. The fourth-order valence-electron chi connectivity index (χ4n) is 2.02. The molecule has 0 heterocycles. The molecule has 0 aliphatic heterocycles. The maximum atomic E-state index is 11.2. The van der Waals surface area contributed by atoms with E-state index in [1.54, 1.807) is 6.07 Å². The summed E-state index contributed by atoms with van der Waals surface area (Å²) >= 11 is 0. The van der Waals surface area contributed by atoms with Gasteiger partial charge < -0.3 is 10.5 Å². The van der Waals surface area contributed by atoms with Gasteiger partial charge in [0.05, 0.1) is 16.7 Å². The van der Waals surface area contributed by atoms with Gasteiger partial charge in [0, 0.05) is 12.1 Å². The van der Waals surface area contributed by atoms with Gasteiger partial charge in [0.1, 0.15) is 17.6 Å². The van der Waals surface area contributed by atoms with Crippen LogP contribution in [0.2, 0.25) is 0 Å². The fraction of sp³-hybridized carbons (Fsp3) is 0.118. The zero-order valence-corrected chi connectivity index (χ0v) is 14.1. The van der Waals surface area contributed by atoms with Crippen LogP contribution in [-0.2, 0) is 0 Å². The Kier molecular flexibility index (Phi) is 5.49. The van der Waals surface area contributed by atoms with E-state index in [1.165, 1.54) is 18.2 Å². The second-order valence-corrected chi connectivity index (χ2v) is 5.44. The lowest BCUT2D eigenvalue weighted by molar-refractivity contribution is -0.384. The monoisotopic (exact) mass is 352 g/mol. The first kappa shape index (κ1) is 18.4. The van der Waals surface area contributed by atoms with Crippen LogP contribution in [0.15, 0.2) is 41.5 Å². The van der Waals surface area contributed by atoms with Crippen LogP contribution >= 0.6 is 0 Å². The van der Waals surface area contributed by atoms with Crippen LogP contribution in [0.4, 0.5) is 11.4 Å². The lowest BCUT2D eigenvalue weighted by Gasteiger charge is -2.11. The zero-order valence-electron chi connectivity index (χ0n) is 14.1. The topological polar surface area (TPSA) is 150 Å². The number of hydrazone groups is 1. The molecule has 2 aromatic rings. The summed E-state index contributed by atoms with van der Waals surface area (Å²) in [7, 11) is 0. The third-order valence-corrected chi connectivity index (χ3v) is 3.33. The molecule has 0 aliphatic rings. The number of nitrogens with zero attached hydrogens (tertiary/aromatic N) is 3. The number of benzene rings is 2. The van der Waals surface area contributed by atoms with Gasteiger partial charge in [-0.3, -0.25) is 20.9 Å². The molecule has 26 heavy (non-hydrogen) atoms. The predicted octanol–water partition coefficient (Wildman–Crippen LogP) is 3.23. The van der Waals surface area contributed by atoms with Crippen LogP contribution in [-0.4, -0.2) is 16.5 Å². The SMILES string of the molecule is Cc1ccc(C)c(Oc2cc(N/N=C(\C#N)C(=N)N)cc([N+](=O)[O-])c2)c1. The van der Waals surface area contributed by atoms with Gasteiger partial charge in [0.15, 0.2) is 5.84 Å². The molecule has 4 N–H and O–H groups in total. The van der Waals surface area contributed by atoms with Crippen molar-refractivity contribution in [3.8, 4) is 17.6 Å². The van der Waals surface area contributed by atoms with Crippen molar-refractivity contribution in [1.29, 1.82) is 10.7 Å². The molecule has 0 aliphatic carbocycles. The Labute approximate surface area is 149 Å². The van der Waals surface area contributed by atoms with Gasteiger partial charge in [-0.2, -0.15) is 10.4 Å². The number of amidine groups is 1. The first-order valence-electron chi connectivity index (χ1n) is 7.43.